The summed E-state index contributed by atoms with van der Waals surface area (Å²) >= 11 is 11.9. The van der Waals surface area contributed by atoms with Crippen molar-refractivity contribution >= 4 is 40.8 Å². The van der Waals surface area contributed by atoms with Gasteiger partial charge in [-0.2, -0.15) is 0 Å². The van der Waals surface area contributed by atoms with Crippen molar-refractivity contribution in [1.82, 2.24) is 10.2 Å². The number of benzene rings is 1. The van der Waals surface area contributed by atoms with Crippen molar-refractivity contribution in [1.29, 1.82) is 0 Å². The molecule has 1 heterocycles. The summed E-state index contributed by atoms with van der Waals surface area (Å²) in [6.07, 6.45) is 2.86. The lowest BCUT2D eigenvalue weighted by Gasteiger charge is -2.17. The minimum absolute atomic E-state index is 0.111. The van der Waals surface area contributed by atoms with E-state index in [-0.39, 0.29) is 12.6 Å². The van der Waals surface area contributed by atoms with Crippen LogP contribution in [-0.2, 0) is 20.8 Å². The number of nitrogens with one attached hydrogen (secondary N) is 1. The Balaban J connectivity index is 1.93. The van der Waals surface area contributed by atoms with Crippen LogP contribution in [0, 0.1) is 5.92 Å². The molecular weight excluding hydrogens is 351 g/mol. The molecule has 0 radical (unpaired) electrons. The number of amides is 2. The fourth-order valence-electron chi connectivity index (χ4n) is 2.53. The second kappa shape index (κ2) is 7.81. The second-order valence-electron chi connectivity index (χ2n) is 5.74. The zero-order valence-corrected chi connectivity index (χ0v) is 14.7. The highest BCUT2D eigenvalue weighted by Crippen LogP contribution is 2.23. The first-order valence-electron chi connectivity index (χ1n) is 7.49. The number of likely N-dealkylation sites (N-methyl/N-ethyl adjacent to an activating group) is 1. The van der Waals surface area contributed by atoms with Crippen LogP contribution in [0.2, 0.25) is 10.0 Å². The smallest absolute Gasteiger partial charge is 0.290 e. The van der Waals surface area contributed by atoms with E-state index in [4.69, 9.17) is 23.2 Å². The summed E-state index contributed by atoms with van der Waals surface area (Å²) in [6, 6.07) is 5.06. The van der Waals surface area contributed by atoms with Crippen LogP contribution in [-0.4, -0.2) is 42.1 Å². The summed E-state index contributed by atoms with van der Waals surface area (Å²) in [5.74, 6) is -2.69. The van der Waals surface area contributed by atoms with Gasteiger partial charge >= 0.3 is 0 Å². The van der Waals surface area contributed by atoms with E-state index < -0.39 is 23.5 Å². The topological polar surface area (TPSA) is 66.5 Å². The molecule has 1 aromatic carbocycles. The number of carbonyl (C=O) groups is 3. The molecule has 1 N–H and O–H groups in total. The van der Waals surface area contributed by atoms with Crippen LogP contribution < -0.4 is 5.32 Å². The predicted octanol–water partition coefficient (Wildman–Crippen LogP) is 2.25. The largest absolute Gasteiger partial charge is 0.349 e. The monoisotopic (exact) mass is 368 g/mol. The van der Waals surface area contributed by atoms with Gasteiger partial charge in [0.1, 0.15) is 5.92 Å². The number of ketones is 1. The van der Waals surface area contributed by atoms with Crippen LogP contribution >= 0.6 is 23.2 Å². The number of nitrogens with zero attached hydrogens (tertiary/aromatic N) is 1. The number of Topliss-reactive ketones (excluding diaryl/α,β-unsaturated/α-hetero) is 1. The van der Waals surface area contributed by atoms with Crippen molar-refractivity contribution in [3.05, 3.63) is 46.5 Å². The Morgan fingerprint density at radius 2 is 2.12 bits per heavy atom. The van der Waals surface area contributed by atoms with Gasteiger partial charge in [-0.1, -0.05) is 35.3 Å². The average molecular weight is 369 g/mol. The standard InChI is InChI=1S/C17H18Cl2N2O3/c1-3-11(6-4-10-5-7-13(18)14(19)8-10)20-16(23)12-9-21(2)17(24)15(12)22/h3,5,7-8,11-12H,1,4,6,9H2,2H3,(H,20,23). The summed E-state index contributed by atoms with van der Waals surface area (Å²) in [5.41, 5.74) is 0.984. The molecule has 24 heavy (non-hydrogen) atoms. The second-order valence-corrected chi connectivity index (χ2v) is 6.55. The first kappa shape index (κ1) is 18.5. The third-order valence-corrected chi connectivity index (χ3v) is 4.73. The molecule has 2 atom stereocenters. The highest BCUT2D eigenvalue weighted by molar-refractivity contribution is 6.42. The highest BCUT2D eigenvalue weighted by atomic mass is 35.5. The van der Waals surface area contributed by atoms with Crippen LogP contribution in [0.3, 0.4) is 0 Å². The zero-order valence-electron chi connectivity index (χ0n) is 13.2. The van der Waals surface area contributed by atoms with E-state index in [0.29, 0.717) is 22.9 Å². The molecule has 0 aliphatic carbocycles. The Labute approximate surface area is 150 Å². The summed E-state index contributed by atoms with van der Waals surface area (Å²) in [6.45, 7) is 3.82. The normalized spacial score (nSPS) is 18.6. The number of hydrogen-bond donors (Lipinski definition) is 1. The Hall–Kier alpha value is -1.85. The molecular formula is C17H18Cl2N2O3. The molecule has 5 nitrogen and oxygen atoms in total. The van der Waals surface area contributed by atoms with Crippen molar-refractivity contribution in [2.75, 3.05) is 13.6 Å². The van der Waals surface area contributed by atoms with Gasteiger partial charge in [0.25, 0.3) is 5.91 Å². The lowest BCUT2D eigenvalue weighted by atomic mass is 10.0. The summed E-state index contributed by atoms with van der Waals surface area (Å²) in [5, 5.41) is 3.73. The van der Waals surface area contributed by atoms with Crippen LogP contribution in [0.4, 0.5) is 0 Å². The quantitative estimate of drug-likeness (QED) is 0.475. The molecule has 0 aromatic heterocycles. The molecule has 2 rings (SSSR count). The molecule has 2 amide bonds. The number of hydrogen-bond acceptors (Lipinski definition) is 3. The molecule has 7 heteroatoms. The van der Waals surface area contributed by atoms with E-state index in [1.54, 1.807) is 18.2 Å². The summed E-state index contributed by atoms with van der Waals surface area (Å²) in [4.78, 5) is 36.8. The number of halogens is 2. The van der Waals surface area contributed by atoms with Gasteiger partial charge in [-0.15, -0.1) is 6.58 Å². The SMILES string of the molecule is C=CC(CCc1ccc(Cl)c(Cl)c1)NC(=O)C1CN(C)C(=O)C1=O. The van der Waals surface area contributed by atoms with Crippen LogP contribution in [0.25, 0.3) is 0 Å². The van der Waals surface area contributed by atoms with Gasteiger partial charge in [-0.3, -0.25) is 14.4 Å². The fraction of sp³-hybridized carbons (Fsp3) is 0.353. The fourth-order valence-corrected chi connectivity index (χ4v) is 2.85. The molecule has 1 fully saturated rings. The Morgan fingerprint density at radius 1 is 1.42 bits per heavy atom. The average Bonchev–Trinajstić information content (AvgIpc) is 2.82. The Morgan fingerprint density at radius 3 is 2.67 bits per heavy atom. The number of carbonyl (C=O) groups excluding carboxylic acids is 3. The van der Waals surface area contributed by atoms with Crippen molar-refractivity contribution in [3.63, 3.8) is 0 Å². The molecule has 2 unspecified atom stereocenters. The van der Waals surface area contributed by atoms with Gasteiger partial charge < -0.3 is 10.2 Å². The van der Waals surface area contributed by atoms with E-state index in [9.17, 15) is 14.4 Å². The molecule has 0 spiro atoms. The van der Waals surface area contributed by atoms with E-state index in [1.165, 1.54) is 11.9 Å². The van der Waals surface area contributed by atoms with Crippen LogP contribution in [0.1, 0.15) is 12.0 Å². The first-order chi connectivity index (χ1) is 11.3. The number of rotatable bonds is 6. The maximum atomic E-state index is 12.2. The van der Waals surface area contributed by atoms with Crippen molar-refractivity contribution in [3.8, 4) is 0 Å². The van der Waals surface area contributed by atoms with E-state index in [2.05, 4.69) is 11.9 Å². The van der Waals surface area contributed by atoms with Crippen molar-refractivity contribution < 1.29 is 14.4 Å². The third kappa shape index (κ3) is 4.16. The van der Waals surface area contributed by atoms with Gasteiger partial charge in [0, 0.05) is 19.6 Å². The van der Waals surface area contributed by atoms with E-state index in [0.717, 1.165) is 5.56 Å². The van der Waals surface area contributed by atoms with Crippen LogP contribution in [0.15, 0.2) is 30.9 Å². The Bertz CT molecular complexity index is 690. The third-order valence-electron chi connectivity index (χ3n) is 3.99. The molecule has 1 aliphatic rings. The van der Waals surface area contributed by atoms with Crippen LogP contribution in [0.5, 0.6) is 0 Å². The molecule has 1 saturated heterocycles. The number of likely N-dealkylation sites (tertiary alicyclic amines) is 1. The van der Waals surface area contributed by atoms with Gasteiger partial charge in [-0.05, 0) is 30.5 Å². The van der Waals surface area contributed by atoms with Gasteiger partial charge in [0.15, 0.2) is 0 Å². The summed E-state index contributed by atoms with van der Waals surface area (Å²) < 4.78 is 0. The Kier molecular flexibility index (Phi) is 6.02. The van der Waals surface area contributed by atoms with Crippen molar-refractivity contribution in [2.45, 2.75) is 18.9 Å². The molecule has 1 aromatic rings. The highest BCUT2D eigenvalue weighted by Gasteiger charge is 2.41. The summed E-state index contributed by atoms with van der Waals surface area (Å²) in [7, 11) is 1.50. The maximum absolute atomic E-state index is 12.2. The van der Waals surface area contributed by atoms with Gasteiger partial charge in [-0.25, -0.2) is 0 Å². The first-order valence-corrected chi connectivity index (χ1v) is 8.25. The molecule has 128 valence electrons. The lowest BCUT2D eigenvalue weighted by Crippen LogP contribution is -2.41. The van der Waals surface area contributed by atoms with E-state index in [1.807, 2.05) is 6.07 Å². The lowest BCUT2D eigenvalue weighted by molar-refractivity contribution is -0.142. The molecule has 0 saturated carbocycles. The van der Waals surface area contributed by atoms with E-state index >= 15 is 0 Å². The minimum atomic E-state index is -0.949. The number of aryl methyl sites for hydroxylation is 1. The molecule has 0 bridgehead atoms. The van der Waals surface area contributed by atoms with Gasteiger partial charge in [0.2, 0.25) is 11.7 Å². The zero-order chi connectivity index (χ0) is 17.9. The van der Waals surface area contributed by atoms with Crippen molar-refractivity contribution in [2.24, 2.45) is 5.92 Å². The molecule has 1 aliphatic heterocycles. The van der Waals surface area contributed by atoms with Gasteiger partial charge in [0.05, 0.1) is 10.0 Å². The minimum Gasteiger partial charge on any atom is -0.349 e. The predicted molar refractivity (Wildman–Crippen MR) is 93.0 cm³/mol. The maximum Gasteiger partial charge on any atom is 0.290 e.